The first-order chi connectivity index (χ1) is 12.2. The van der Waals surface area contributed by atoms with Crippen molar-refractivity contribution >= 4 is 29.5 Å². The number of carbonyl (C=O) groups is 3. The van der Waals surface area contributed by atoms with Crippen LogP contribution in [0.1, 0.15) is 20.3 Å². The van der Waals surface area contributed by atoms with Gasteiger partial charge in [-0.3, -0.25) is 9.59 Å². The summed E-state index contributed by atoms with van der Waals surface area (Å²) in [6, 6.07) is -0.287. The molecule has 0 saturated carbocycles. The Kier molecular flexibility index (Phi) is 5.14. The highest BCUT2D eigenvalue weighted by molar-refractivity contribution is 8.03. The van der Waals surface area contributed by atoms with Crippen molar-refractivity contribution in [2.45, 2.75) is 43.7 Å². The molecule has 2 amide bonds. The lowest BCUT2D eigenvalue weighted by atomic mass is 9.79. The minimum Gasteiger partial charge on any atom is -0.477 e. The summed E-state index contributed by atoms with van der Waals surface area (Å²) in [6.07, 6.45) is 2.97. The smallest absolute Gasteiger partial charge is 0.353 e. The number of nitrogens with two attached hydrogens (primary N) is 1. The van der Waals surface area contributed by atoms with Gasteiger partial charge in [-0.25, -0.2) is 4.79 Å². The summed E-state index contributed by atoms with van der Waals surface area (Å²) in [5, 5.41) is 22.9. The minimum atomic E-state index is -1.12. The molecule has 0 spiro atoms. The van der Waals surface area contributed by atoms with Crippen LogP contribution < -0.4 is 11.1 Å². The van der Waals surface area contributed by atoms with E-state index in [9.17, 15) is 24.6 Å². The molecule has 0 bridgehead atoms. The van der Waals surface area contributed by atoms with E-state index >= 15 is 0 Å². The molecule has 0 aromatic carbocycles. The number of hydrogen-bond acceptors (Lipinski definition) is 6. The van der Waals surface area contributed by atoms with Gasteiger partial charge in [0, 0.05) is 34.7 Å². The normalized spacial score (nSPS) is 35.0. The molecule has 6 atom stereocenters. The molecule has 142 valence electrons. The maximum Gasteiger partial charge on any atom is 0.353 e. The SMILES string of the molecule is CC1C(S[C@@H]2CN[C@H](C=CC(N)=O)C2)=C(C(=O)O)N2C(=O)C([C@@H](C)O)[C@H]12. The van der Waals surface area contributed by atoms with Gasteiger partial charge in [-0.1, -0.05) is 13.0 Å². The average molecular weight is 381 g/mol. The fraction of sp³-hybridized carbons (Fsp3) is 0.588. The second kappa shape index (κ2) is 7.05. The second-order valence-electron chi connectivity index (χ2n) is 7.02. The maximum atomic E-state index is 12.3. The number of β-lactam (4-membered cyclic amide) rings is 1. The molecule has 9 heteroatoms. The first kappa shape index (κ1) is 18.9. The average Bonchev–Trinajstić information content (AvgIpc) is 3.08. The van der Waals surface area contributed by atoms with E-state index < -0.39 is 23.9 Å². The molecule has 2 fully saturated rings. The Morgan fingerprint density at radius 3 is 2.73 bits per heavy atom. The van der Waals surface area contributed by atoms with Crippen LogP contribution in [0.3, 0.4) is 0 Å². The number of carboxylic acids is 1. The molecular formula is C17H23N3O5S. The molecule has 5 N–H and O–H groups in total. The van der Waals surface area contributed by atoms with Gasteiger partial charge in [-0.05, 0) is 13.3 Å². The second-order valence-corrected chi connectivity index (χ2v) is 8.37. The molecule has 0 aliphatic carbocycles. The Hall–Kier alpha value is -1.84. The van der Waals surface area contributed by atoms with Crippen LogP contribution in [0.25, 0.3) is 0 Å². The topological polar surface area (TPSA) is 133 Å². The number of rotatable bonds is 6. The van der Waals surface area contributed by atoms with Crippen molar-refractivity contribution in [3.8, 4) is 0 Å². The largest absolute Gasteiger partial charge is 0.477 e. The van der Waals surface area contributed by atoms with Crippen LogP contribution in [0.5, 0.6) is 0 Å². The molecule has 3 aliphatic heterocycles. The van der Waals surface area contributed by atoms with E-state index in [1.807, 2.05) is 6.92 Å². The van der Waals surface area contributed by atoms with E-state index in [4.69, 9.17) is 5.73 Å². The molecular weight excluding hydrogens is 358 g/mol. The number of thioether (sulfide) groups is 1. The number of aliphatic carboxylic acids is 1. The van der Waals surface area contributed by atoms with Gasteiger partial charge in [0.15, 0.2) is 0 Å². The van der Waals surface area contributed by atoms with Gasteiger partial charge in [-0.2, -0.15) is 0 Å². The predicted octanol–water partition coefficient (Wildman–Crippen LogP) is -0.355. The number of nitrogens with zero attached hydrogens (tertiary/aromatic N) is 1. The number of primary amides is 1. The molecule has 3 heterocycles. The zero-order valence-corrected chi connectivity index (χ0v) is 15.4. The molecule has 3 rings (SSSR count). The Labute approximate surface area is 155 Å². The summed E-state index contributed by atoms with van der Waals surface area (Å²) >= 11 is 1.47. The molecule has 8 nitrogen and oxygen atoms in total. The van der Waals surface area contributed by atoms with Crippen molar-refractivity contribution < 1.29 is 24.6 Å². The third-order valence-corrected chi connectivity index (χ3v) is 6.73. The Bertz CT molecular complexity index is 705. The molecule has 2 saturated heterocycles. The highest BCUT2D eigenvalue weighted by Crippen LogP contribution is 2.51. The van der Waals surface area contributed by atoms with Crippen molar-refractivity contribution in [2.75, 3.05) is 6.54 Å². The van der Waals surface area contributed by atoms with Crippen LogP contribution in [0, 0.1) is 11.8 Å². The van der Waals surface area contributed by atoms with Crippen LogP contribution in [0.2, 0.25) is 0 Å². The summed E-state index contributed by atoms with van der Waals surface area (Å²) in [5.41, 5.74) is 5.15. The monoisotopic (exact) mass is 381 g/mol. The summed E-state index contributed by atoms with van der Waals surface area (Å²) in [6.45, 7) is 4.14. The molecule has 2 unspecified atom stereocenters. The standard InChI is InChI=1S/C17H23N3O5S/c1-7-13-12(8(2)21)16(23)20(13)14(17(24)25)15(7)26-10-5-9(19-6-10)3-4-11(18)22/h3-4,7-10,12-13,19,21H,5-6H2,1-2H3,(H2,18,22)(H,24,25)/t7?,8-,9-,10+,12?,13+/m1/s1. The van der Waals surface area contributed by atoms with Gasteiger partial charge in [0.2, 0.25) is 11.8 Å². The highest BCUT2D eigenvalue weighted by Gasteiger charge is 2.60. The first-order valence-electron chi connectivity index (χ1n) is 8.58. The lowest BCUT2D eigenvalue weighted by Crippen LogP contribution is -2.63. The third-order valence-electron chi connectivity index (χ3n) is 5.22. The van der Waals surface area contributed by atoms with Crippen LogP contribution in [0.15, 0.2) is 22.8 Å². The number of fused-ring (bicyclic) bond motifs is 1. The first-order valence-corrected chi connectivity index (χ1v) is 9.46. The highest BCUT2D eigenvalue weighted by atomic mass is 32.2. The number of nitrogens with one attached hydrogen (secondary N) is 1. The molecule has 0 aromatic heterocycles. The summed E-state index contributed by atoms with van der Waals surface area (Å²) in [5.74, 6) is -2.63. The van der Waals surface area contributed by atoms with Gasteiger partial charge in [0.05, 0.1) is 18.1 Å². The molecule has 26 heavy (non-hydrogen) atoms. The Morgan fingerprint density at radius 1 is 1.46 bits per heavy atom. The number of aliphatic hydroxyl groups is 1. The Balaban J connectivity index is 1.76. The van der Waals surface area contributed by atoms with Crippen molar-refractivity contribution in [2.24, 2.45) is 17.6 Å². The van der Waals surface area contributed by atoms with Gasteiger partial charge >= 0.3 is 5.97 Å². The summed E-state index contributed by atoms with van der Waals surface area (Å²) in [4.78, 5) is 37.0. The Morgan fingerprint density at radius 2 is 2.15 bits per heavy atom. The van der Waals surface area contributed by atoms with Gasteiger partial charge < -0.3 is 26.2 Å². The number of carboxylic acid groups (broad SMARTS) is 1. The minimum absolute atomic E-state index is 0.00876. The van der Waals surface area contributed by atoms with Crippen molar-refractivity contribution in [3.63, 3.8) is 0 Å². The van der Waals surface area contributed by atoms with Crippen LogP contribution in [-0.4, -0.2) is 62.9 Å². The quantitative estimate of drug-likeness (QED) is 0.365. The lowest BCUT2D eigenvalue weighted by Gasteiger charge is -2.46. The van der Waals surface area contributed by atoms with E-state index in [0.717, 1.165) is 6.42 Å². The van der Waals surface area contributed by atoms with E-state index in [-0.39, 0.29) is 34.9 Å². The van der Waals surface area contributed by atoms with E-state index in [0.29, 0.717) is 11.4 Å². The number of aliphatic hydroxyl groups excluding tert-OH is 1. The fourth-order valence-corrected chi connectivity index (χ4v) is 5.53. The molecule has 3 aliphatic rings. The van der Waals surface area contributed by atoms with Crippen LogP contribution >= 0.6 is 11.8 Å². The maximum absolute atomic E-state index is 12.3. The van der Waals surface area contributed by atoms with Crippen LogP contribution in [0.4, 0.5) is 0 Å². The summed E-state index contributed by atoms with van der Waals surface area (Å²) < 4.78 is 0. The molecule has 0 aromatic rings. The zero-order chi connectivity index (χ0) is 19.2. The van der Waals surface area contributed by atoms with E-state index in [2.05, 4.69) is 5.32 Å². The van der Waals surface area contributed by atoms with Crippen molar-refractivity contribution in [1.82, 2.24) is 10.2 Å². The summed E-state index contributed by atoms with van der Waals surface area (Å²) in [7, 11) is 0. The number of amides is 2. The lowest BCUT2D eigenvalue weighted by molar-refractivity contribution is -0.163. The number of carbonyl (C=O) groups excluding carboxylic acids is 2. The van der Waals surface area contributed by atoms with Crippen molar-refractivity contribution in [1.29, 1.82) is 0 Å². The van der Waals surface area contributed by atoms with Gasteiger partial charge in [0.25, 0.3) is 0 Å². The molecule has 0 radical (unpaired) electrons. The van der Waals surface area contributed by atoms with Gasteiger partial charge in [-0.15, -0.1) is 11.8 Å². The van der Waals surface area contributed by atoms with E-state index in [1.54, 1.807) is 13.0 Å². The third kappa shape index (κ3) is 3.15. The number of hydrogen-bond donors (Lipinski definition) is 4. The fourth-order valence-electron chi connectivity index (χ4n) is 4.04. The van der Waals surface area contributed by atoms with Crippen LogP contribution in [-0.2, 0) is 14.4 Å². The predicted molar refractivity (Wildman–Crippen MR) is 95.8 cm³/mol. The zero-order valence-electron chi connectivity index (χ0n) is 14.6. The van der Waals surface area contributed by atoms with Crippen molar-refractivity contribution in [3.05, 3.63) is 22.8 Å². The van der Waals surface area contributed by atoms with E-state index in [1.165, 1.54) is 22.7 Å². The van der Waals surface area contributed by atoms with Gasteiger partial charge in [0.1, 0.15) is 5.70 Å².